The Morgan fingerprint density at radius 2 is 2.44 bits per heavy atom. The number of nitrogens with zero attached hydrogens (tertiary/aromatic N) is 2. The lowest BCUT2D eigenvalue weighted by atomic mass is 10.1. The van der Waals surface area contributed by atoms with Crippen molar-refractivity contribution >= 4 is 34.3 Å². The molecule has 0 aromatic carbocycles. The molecule has 1 amide bonds. The number of carbonyl (C=O) groups is 1. The molecule has 1 saturated heterocycles. The molecule has 16 heavy (non-hydrogen) atoms. The van der Waals surface area contributed by atoms with Gasteiger partial charge in [0.25, 0.3) is 0 Å². The summed E-state index contributed by atoms with van der Waals surface area (Å²) in [5.74, 6) is 0.792. The van der Waals surface area contributed by atoms with Gasteiger partial charge >= 0.3 is 0 Å². The Labute approximate surface area is 108 Å². The Morgan fingerprint density at radius 3 is 3.00 bits per heavy atom. The summed E-state index contributed by atoms with van der Waals surface area (Å²) in [5, 5.41) is 9.05. The molecule has 1 aromatic rings. The molecule has 0 bridgehead atoms. The molecule has 0 radical (unpaired) electrons. The monoisotopic (exact) mass is 332 g/mol. The Kier molecular flexibility index (Phi) is 3.44. The van der Waals surface area contributed by atoms with Gasteiger partial charge in [-0.1, -0.05) is 0 Å². The van der Waals surface area contributed by atoms with Crippen LogP contribution in [0.4, 0.5) is 5.82 Å². The smallest absolute Gasteiger partial charge is 0.228 e. The van der Waals surface area contributed by atoms with Gasteiger partial charge in [0.15, 0.2) is 0 Å². The molecule has 4 nitrogen and oxygen atoms in total. The molecule has 86 valence electrons. The second kappa shape index (κ2) is 4.67. The molecular formula is C11H13IN2O2. The molecule has 1 aromatic heterocycles. The van der Waals surface area contributed by atoms with Gasteiger partial charge in [0.05, 0.1) is 0 Å². The fourth-order valence-corrected chi connectivity index (χ4v) is 2.09. The van der Waals surface area contributed by atoms with Gasteiger partial charge in [0.1, 0.15) is 5.82 Å². The molecular weight excluding hydrogens is 319 g/mol. The van der Waals surface area contributed by atoms with E-state index in [0.29, 0.717) is 18.8 Å². The minimum Gasteiger partial charge on any atom is -0.396 e. The lowest BCUT2D eigenvalue weighted by molar-refractivity contribution is -0.117. The molecule has 0 spiro atoms. The van der Waals surface area contributed by atoms with E-state index in [2.05, 4.69) is 27.6 Å². The van der Waals surface area contributed by atoms with E-state index >= 15 is 0 Å². The summed E-state index contributed by atoms with van der Waals surface area (Å²) in [6.45, 7) is 2.63. The van der Waals surface area contributed by atoms with Crippen LogP contribution in [-0.4, -0.2) is 29.1 Å². The van der Waals surface area contributed by atoms with Gasteiger partial charge in [0.2, 0.25) is 5.91 Å². The van der Waals surface area contributed by atoms with E-state index in [-0.39, 0.29) is 18.4 Å². The van der Waals surface area contributed by atoms with E-state index in [1.807, 2.05) is 13.0 Å². The second-order valence-corrected chi connectivity index (χ2v) is 5.21. The second-order valence-electron chi connectivity index (χ2n) is 4.05. The highest BCUT2D eigenvalue weighted by Crippen LogP contribution is 2.24. The maximum atomic E-state index is 11.7. The van der Waals surface area contributed by atoms with Crippen LogP contribution in [0.5, 0.6) is 0 Å². The number of aliphatic hydroxyl groups is 1. The Morgan fingerprint density at radius 1 is 1.69 bits per heavy atom. The number of carbonyl (C=O) groups excluding carboxylic acids is 1. The molecule has 1 unspecified atom stereocenters. The Balaban J connectivity index is 2.24. The summed E-state index contributed by atoms with van der Waals surface area (Å²) in [7, 11) is 0. The average molecular weight is 332 g/mol. The molecule has 0 aliphatic carbocycles. The summed E-state index contributed by atoms with van der Waals surface area (Å²) in [6.07, 6.45) is 2.19. The highest BCUT2D eigenvalue weighted by molar-refractivity contribution is 14.1. The molecule has 5 heteroatoms. The first-order valence-electron chi connectivity index (χ1n) is 5.15. The topological polar surface area (TPSA) is 53.4 Å². The predicted octanol–water partition coefficient (Wildman–Crippen LogP) is 1.34. The van der Waals surface area contributed by atoms with E-state index in [9.17, 15) is 4.79 Å². The molecule has 1 aliphatic heterocycles. The zero-order chi connectivity index (χ0) is 11.7. The predicted molar refractivity (Wildman–Crippen MR) is 69.2 cm³/mol. The van der Waals surface area contributed by atoms with Crippen molar-refractivity contribution in [2.75, 3.05) is 18.1 Å². The van der Waals surface area contributed by atoms with Crippen LogP contribution in [0.3, 0.4) is 0 Å². The molecule has 2 rings (SSSR count). The fraction of sp³-hybridized carbons (Fsp3) is 0.455. The molecule has 1 N–H and O–H groups in total. The van der Waals surface area contributed by atoms with E-state index in [0.717, 1.165) is 9.13 Å². The van der Waals surface area contributed by atoms with Crippen molar-refractivity contribution < 1.29 is 9.90 Å². The maximum Gasteiger partial charge on any atom is 0.228 e. The van der Waals surface area contributed by atoms with Crippen LogP contribution >= 0.6 is 22.6 Å². The van der Waals surface area contributed by atoms with Gasteiger partial charge in [-0.05, 0) is 41.1 Å². The number of pyridine rings is 1. The highest BCUT2D eigenvalue weighted by Gasteiger charge is 2.30. The van der Waals surface area contributed by atoms with Crippen LogP contribution in [0, 0.1) is 16.4 Å². The lowest BCUT2D eigenvalue weighted by Crippen LogP contribution is -2.26. The Bertz CT molecular complexity index is 422. The quantitative estimate of drug-likeness (QED) is 0.832. The van der Waals surface area contributed by atoms with Crippen molar-refractivity contribution in [2.45, 2.75) is 13.3 Å². The first-order valence-corrected chi connectivity index (χ1v) is 6.23. The van der Waals surface area contributed by atoms with E-state index in [1.54, 1.807) is 11.1 Å². The summed E-state index contributed by atoms with van der Waals surface area (Å²) in [4.78, 5) is 17.6. The first-order chi connectivity index (χ1) is 7.61. The van der Waals surface area contributed by atoms with Crippen LogP contribution in [0.25, 0.3) is 0 Å². The highest BCUT2D eigenvalue weighted by atomic mass is 127. The van der Waals surface area contributed by atoms with Crippen LogP contribution < -0.4 is 4.90 Å². The summed E-state index contributed by atoms with van der Waals surface area (Å²) < 4.78 is 1.09. The number of aryl methyl sites for hydroxylation is 1. The third-order valence-electron chi connectivity index (χ3n) is 2.77. The molecule has 1 atom stereocenters. The summed E-state index contributed by atoms with van der Waals surface area (Å²) in [5.41, 5.74) is 1.12. The number of hydrogen-bond donors (Lipinski definition) is 1. The molecule has 1 fully saturated rings. The van der Waals surface area contributed by atoms with Gasteiger partial charge < -0.3 is 5.11 Å². The third-order valence-corrected chi connectivity index (χ3v) is 3.90. The molecule has 1 aliphatic rings. The van der Waals surface area contributed by atoms with E-state index in [1.165, 1.54) is 0 Å². The minimum absolute atomic E-state index is 0.0483. The number of amides is 1. The summed E-state index contributed by atoms with van der Waals surface area (Å²) in [6, 6.07) is 1.92. The number of hydrogen-bond acceptors (Lipinski definition) is 3. The zero-order valence-electron chi connectivity index (χ0n) is 8.98. The largest absolute Gasteiger partial charge is 0.396 e. The van der Waals surface area contributed by atoms with Crippen LogP contribution in [0.15, 0.2) is 12.3 Å². The van der Waals surface area contributed by atoms with Crippen LogP contribution in [0.2, 0.25) is 0 Å². The third kappa shape index (κ3) is 2.20. The number of aromatic nitrogens is 1. The van der Waals surface area contributed by atoms with Crippen molar-refractivity contribution in [1.82, 2.24) is 4.98 Å². The standard InChI is InChI=1S/C11H13IN2O2/c1-7-2-10(13-4-9(7)12)14-5-8(6-15)3-11(14)16/h2,4,8,15H,3,5-6H2,1H3. The van der Waals surface area contributed by atoms with Crippen molar-refractivity contribution in [3.63, 3.8) is 0 Å². The van der Waals surface area contributed by atoms with E-state index in [4.69, 9.17) is 5.11 Å². The van der Waals surface area contributed by atoms with Gasteiger partial charge in [-0.3, -0.25) is 9.69 Å². The maximum absolute atomic E-state index is 11.7. The first kappa shape index (κ1) is 11.8. The van der Waals surface area contributed by atoms with Crippen LogP contribution in [-0.2, 0) is 4.79 Å². The zero-order valence-corrected chi connectivity index (χ0v) is 11.1. The molecule has 2 heterocycles. The van der Waals surface area contributed by atoms with Crippen molar-refractivity contribution in [3.8, 4) is 0 Å². The van der Waals surface area contributed by atoms with Crippen molar-refractivity contribution in [3.05, 3.63) is 21.4 Å². The van der Waals surface area contributed by atoms with Gasteiger partial charge in [0, 0.05) is 35.3 Å². The minimum atomic E-state index is 0.0483. The van der Waals surface area contributed by atoms with Crippen molar-refractivity contribution in [2.24, 2.45) is 5.92 Å². The number of anilines is 1. The van der Waals surface area contributed by atoms with E-state index < -0.39 is 0 Å². The van der Waals surface area contributed by atoms with Crippen LogP contribution in [0.1, 0.15) is 12.0 Å². The Hall–Kier alpha value is -0.690. The van der Waals surface area contributed by atoms with Gasteiger partial charge in [-0.25, -0.2) is 4.98 Å². The normalized spacial score (nSPS) is 20.6. The van der Waals surface area contributed by atoms with Gasteiger partial charge in [-0.2, -0.15) is 0 Å². The average Bonchev–Trinajstić information content (AvgIpc) is 2.64. The number of halogens is 1. The lowest BCUT2D eigenvalue weighted by Gasteiger charge is -2.15. The van der Waals surface area contributed by atoms with Crippen molar-refractivity contribution in [1.29, 1.82) is 0 Å². The fourth-order valence-electron chi connectivity index (χ4n) is 1.80. The number of rotatable bonds is 2. The van der Waals surface area contributed by atoms with Gasteiger partial charge in [-0.15, -0.1) is 0 Å². The summed E-state index contributed by atoms with van der Waals surface area (Å²) >= 11 is 2.21. The SMILES string of the molecule is Cc1cc(N2CC(CO)CC2=O)ncc1I. The number of aliphatic hydroxyl groups excluding tert-OH is 1. The molecule has 0 saturated carbocycles.